The fourth-order valence-electron chi connectivity index (χ4n) is 3.66. The molecule has 0 bridgehead atoms. The topological polar surface area (TPSA) is 91.9 Å². The molecule has 3 aromatic heterocycles. The summed E-state index contributed by atoms with van der Waals surface area (Å²) in [6, 6.07) is 8.91. The molecule has 1 fully saturated rings. The van der Waals surface area contributed by atoms with E-state index in [4.69, 9.17) is 4.74 Å². The van der Waals surface area contributed by atoms with Gasteiger partial charge in [0.1, 0.15) is 5.82 Å². The largest absolute Gasteiger partial charge is 0.378 e. The van der Waals surface area contributed by atoms with Gasteiger partial charge in [0.25, 0.3) is 0 Å². The highest BCUT2D eigenvalue weighted by molar-refractivity contribution is 5.93. The quantitative estimate of drug-likeness (QED) is 0.496. The Labute approximate surface area is 178 Å². The molecule has 0 atom stereocenters. The van der Waals surface area contributed by atoms with Gasteiger partial charge < -0.3 is 19.9 Å². The van der Waals surface area contributed by atoms with Crippen LogP contribution in [0, 0.1) is 5.82 Å². The Bertz CT molecular complexity index is 1180. The third kappa shape index (κ3) is 4.17. The van der Waals surface area contributed by atoms with E-state index in [0.29, 0.717) is 56.1 Å². The highest BCUT2D eigenvalue weighted by Gasteiger charge is 2.20. The Morgan fingerprint density at radius 3 is 2.84 bits per heavy atom. The summed E-state index contributed by atoms with van der Waals surface area (Å²) in [5, 5.41) is 4.00. The molecule has 1 aliphatic rings. The van der Waals surface area contributed by atoms with E-state index in [-0.39, 0.29) is 5.82 Å². The second kappa shape index (κ2) is 8.65. The number of pyridine rings is 1. The first-order chi connectivity index (χ1) is 15.3. The molecule has 2 N–H and O–H groups in total. The molecular formula is C22H22FN7O. The van der Waals surface area contributed by atoms with E-state index in [9.17, 15) is 4.39 Å². The summed E-state index contributed by atoms with van der Waals surface area (Å²) in [7, 11) is 0. The molecule has 1 aliphatic heterocycles. The zero-order chi connectivity index (χ0) is 21.0. The van der Waals surface area contributed by atoms with Crippen molar-refractivity contribution in [2.24, 2.45) is 0 Å². The van der Waals surface area contributed by atoms with Crippen LogP contribution in [0.25, 0.3) is 22.3 Å². The van der Waals surface area contributed by atoms with Crippen LogP contribution in [0.2, 0.25) is 0 Å². The van der Waals surface area contributed by atoms with Gasteiger partial charge in [-0.1, -0.05) is 6.07 Å². The summed E-state index contributed by atoms with van der Waals surface area (Å²) in [5.74, 6) is 0.877. The number of nitrogens with one attached hydrogen (secondary N) is 2. The number of aromatic amines is 1. The number of anilines is 2. The molecule has 0 spiro atoms. The van der Waals surface area contributed by atoms with Gasteiger partial charge in [0, 0.05) is 49.1 Å². The van der Waals surface area contributed by atoms with E-state index >= 15 is 0 Å². The van der Waals surface area contributed by atoms with Crippen molar-refractivity contribution >= 4 is 22.8 Å². The van der Waals surface area contributed by atoms with Crippen LogP contribution in [0.5, 0.6) is 0 Å². The van der Waals surface area contributed by atoms with Gasteiger partial charge in [-0.05, 0) is 36.2 Å². The maximum atomic E-state index is 14.9. The van der Waals surface area contributed by atoms with Crippen LogP contribution in [-0.2, 0) is 11.2 Å². The molecule has 5 rings (SSSR count). The number of rotatable bonds is 6. The van der Waals surface area contributed by atoms with Gasteiger partial charge in [0.2, 0.25) is 11.9 Å². The van der Waals surface area contributed by atoms with Crippen LogP contribution in [0.4, 0.5) is 16.3 Å². The van der Waals surface area contributed by atoms with E-state index in [1.807, 2.05) is 29.3 Å². The van der Waals surface area contributed by atoms with Gasteiger partial charge in [-0.3, -0.25) is 4.98 Å². The standard InChI is InChI=1S/C22H22FN7O/c23-17-3-4-18-16(6-9-25-18)19(17)20-27-21(26-8-5-15-2-1-7-24-14-15)29-22(28-20)30-10-12-31-13-11-30/h1-4,6-7,9,14,25H,5,8,10-13H2,(H,26,27,28,29). The fraction of sp³-hybridized carbons (Fsp3) is 0.273. The summed E-state index contributed by atoms with van der Waals surface area (Å²) in [6.45, 7) is 3.18. The summed E-state index contributed by atoms with van der Waals surface area (Å²) < 4.78 is 20.3. The summed E-state index contributed by atoms with van der Waals surface area (Å²) in [5.41, 5.74) is 2.31. The second-order valence-electron chi connectivity index (χ2n) is 7.28. The van der Waals surface area contributed by atoms with Crippen molar-refractivity contribution in [3.63, 3.8) is 0 Å². The maximum absolute atomic E-state index is 14.9. The van der Waals surface area contributed by atoms with Gasteiger partial charge >= 0.3 is 0 Å². The molecule has 0 radical (unpaired) electrons. The van der Waals surface area contributed by atoms with Crippen LogP contribution in [0.15, 0.2) is 48.9 Å². The fourth-order valence-corrected chi connectivity index (χ4v) is 3.66. The van der Waals surface area contributed by atoms with Gasteiger partial charge in [0.05, 0.1) is 18.8 Å². The van der Waals surface area contributed by atoms with Gasteiger partial charge in [-0.25, -0.2) is 4.39 Å². The SMILES string of the molecule is Fc1ccc2[nH]ccc2c1-c1nc(NCCc2cccnc2)nc(N2CCOCC2)n1. The summed E-state index contributed by atoms with van der Waals surface area (Å²) in [4.78, 5) is 23.1. The van der Waals surface area contributed by atoms with Crippen LogP contribution in [-0.4, -0.2) is 57.8 Å². The van der Waals surface area contributed by atoms with E-state index in [2.05, 4.69) is 30.2 Å². The number of aromatic nitrogens is 5. The predicted octanol–water partition coefficient (Wildman–Crippen LogP) is 3.05. The Morgan fingerprint density at radius 1 is 1.10 bits per heavy atom. The molecule has 9 heteroatoms. The average molecular weight is 419 g/mol. The molecule has 31 heavy (non-hydrogen) atoms. The van der Waals surface area contributed by atoms with Gasteiger partial charge in [-0.2, -0.15) is 15.0 Å². The van der Waals surface area contributed by atoms with Crippen molar-refractivity contribution < 1.29 is 9.13 Å². The lowest BCUT2D eigenvalue weighted by Crippen LogP contribution is -2.37. The number of morpholine rings is 1. The molecule has 1 saturated heterocycles. The first kappa shape index (κ1) is 19.4. The molecule has 0 unspecified atom stereocenters. The Kier molecular flexibility index (Phi) is 5.40. The van der Waals surface area contributed by atoms with E-state index in [0.717, 1.165) is 22.9 Å². The molecule has 158 valence electrons. The second-order valence-corrected chi connectivity index (χ2v) is 7.28. The van der Waals surface area contributed by atoms with Crippen LogP contribution >= 0.6 is 0 Å². The van der Waals surface area contributed by atoms with Crippen LogP contribution < -0.4 is 10.2 Å². The number of ether oxygens (including phenoxy) is 1. The average Bonchev–Trinajstić information content (AvgIpc) is 3.29. The molecule has 0 amide bonds. The molecule has 4 heterocycles. The highest BCUT2D eigenvalue weighted by Crippen LogP contribution is 2.30. The van der Waals surface area contributed by atoms with Gasteiger partial charge in [0.15, 0.2) is 5.82 Å². The molecule has 4 aromatic rings. The van der Waals surface area contributed by atoms with Crippen LogP contribution in [0.3, 0.4) is 0 Å². The lowest BCUT2D eigenvalue weighted by atomic mass is 10.1. The van der Waals surface area contributed by atoms with Crippen molar-refractivity contribution in [1.82, 2.24) is 24.9 Å². The Balaban J connectivity index is 1.50. The lowest BCUT2D eigenvalue weighted by molar-refractivity contribution is 0.122. The minimum Gasteiger partial charge on any atom is -0.378 e. The Hall–Kier alpha value is -3.59. The number of hydrogen-bond acceptors (Lipinski definition) is 7. The number of hydrogen-bond donors (Lipinski definition) is 2. The van der Waals surface area contributed by atoms with Crippen molar-refractivity contribution in [3.8, 4) is 11.4 Å². The minimum absolute atomic E-state index is 0.308. The third-order valence-corrected chi connectivity index (χ3v) is 5.24. The number of fused-ring (bicyclic) bond motifs is 1. The molecule has 0 saturated carbocycles. The van der Waals surface area contributed by atoms with Crippen molar-refractivity contribution in [3.05, 3.63) is 60.3 Å². The minimum atomic E-state index is -0.368. The number of H-pyrrole nitrogens is 1. The van der Waals surface area contributed by atoms with Crippen molar-refractivity contribution in [2.45, 2.75) is 6.42 Å². The normalized spacial score (nSPS) is 14.2. The zero-order valence-electron chi connectivity index (χ0n) is 16.9. The van der Waals surface area contributed by atoms with Gasteiger partial charge in [-0.15, -0.1) is 0 Å². The van der Waals surface area contributed by atoms with E-state index < -0.39 is 0 Å². The summed E-state index contributed by atoms with van der Waals surface area (Å²) in [6.07, 6.45) is 6.13. The predicted molar refractivity (Wildman–Crippen MR) is 117 cm³/mol. The lowest BCUT2D eigenvalue weighted by Gasteiger charge is -2.27. The highest BCUT2D eigenvalue weighted by atomic mass is 19.1. The van der Waals surface area contributed by atoms with Crippen LogP contribution in [0.1, 0.15) is 5.56 Å². The summed E-state index contributed by atoms with van der Waals surface area (Å²) >= 11 is 0. The number of nitrogens with zero attached hydrogens (tertiary/aromatic N) is 5. The van der Waals surface area contributed by atoms with Crippen molar-refractivity contribution in [1.29, 1.82) is 0 Å². The third-order valence-electron chi connectivity index (χ3n) is 5.24. The Morgan fingerprint density at radius 2 is 2.00 bits per heavy atom. The monoisotopic (exact) mass is 419 g/mol. The molecule has 8 nitrogen and oxygen atoms in total. The number of halogens is 1. The van der Waals surface area contributed by atoms with E-state index in [1.54, 1.807) is 18.5 Å². The smallest absolute Gasteiger partial charge is 0.230 e. The van der Waals surface area contributed by atoms with Crippen molar-refractivity contribution in [2.75, 3.05) is 43.1 Å². The first-order valence-electron chi connectivity index (χ1n) is 10.3. The number of benzene rings is 1. The molecule has 0 aliphatic carbocycles. The maximum Gasteiger partial charge on any atom is 0.230 e. The first-order valence-corrected chi connectivity index (χ1v) is 10.3. The van der Waals surface area contributed by atoms with E-state index in [1.165, 1.54) is 6.07 Å². The molecular weight excluding hydrogens is 397 g/mol. The molecule has 1 aromatic carbocycles. The zero-order valence-corrected chi connectivity index (χ0v) is 16.9.